The molecule has 0 radical (unpaired) electrons. The first-order chi connectivity index (χ1) is 6.41. The number of methoxy groups -OCH3 is 1. The molecule has 14 heavy (non-hydrogen) atoms. The standard InChI is InChI=1S/C12H27NO/c1-10(2)8-11(9-13)6-7-12(3,4)14-5/h10-11H,6-9,13H2,1-5H3. The maximum absolute atomic E-state index is 5.75. The third-order valence-corrected chi connectivity index (χ3v) is 2.85. The van der Waals surface area contributed by atoms with Crippen molar-refractivity contribution in [1.29, 1.82) is 0 Å². The molecule has 0 bridgehead atoms. The molecule has 0 aliphatic rings. The van der Waals surface area contributed by atoms with Crippen LogP contribution in [-0.2, 0) is 4.74 Å². The predicted molar refractivity (Wildman–Crippen MR) is 62.3 cm³/mol. The lowest BCUT2D eigenvalue weighted by atomic mass is 9.89. The van der Waals surface area contributed by atoms with Crippen molar-refractivity contribution < 1.29 is 4.74 Å². The van der Waals surface area contributed by atoms with Gasteiger partial charge in [-0.15, -0.1) is 0 Å². The number of hydrogen-bond donors (Lipinski definition) is 1. The third kappa shape index (κ3) is 6.39. The van der Waals surface area contributed by atoms with Crippen LogP contribution >= 0.6 is 0 Å². The highest BCUT2D eigenvalue weighted by molar-refractivity contribution is 4.72. The van der Waals surface area contributed by atoms with Crippen LogP contribution in [0.4, 0.5) is 0 Å². The molecule has 0 saturated heterocycles. The Balaban J connectivity index is 3.83. The zero-order chi connectivity index (χ0) is 11.2. The highest BCUT2D eigenvalue weighted by Crippen LogP contribution is 2.22. The van der Waals surface area contributed by atoms with Crippen LogP contribution in [0.5, 0.6) is 0 Å². The van der Waals surface area contributed by atoms with Crippen molar-refractivity contribution in [3.8, 4) is 0 Å². The summed E-state index contributed by atoms with van der Waals surface area (Å²) in [6.45, 7) is 9.58. The van der Waals surface area contributed by atoms with Crippen LogP contribution in [0.1, 0.15) is 47.0 Å². The van der Waals surface area contributed by atoms with E-state index in [2.05, 4.69) is 27.7 Å². The zero-order valence-electron chi connectivity index (χ0n) is 10.5. The minimum atomic E-state index is 0.00436. The summed E-state index contributed by atoms with van der Waals surface area (Å²) >= 11 is 0. The van der Waals surface area contributed by atoms with Crippen LogP contribution < -0.4 is 5.73 Å². The molecule has 0 rings (SSSR count). The van der Waals surface area contributed by atoms with E-state index < -0.39 is 0 Å². The minimum absolute atomic E-state index is 0.00436. The van der Waals surface area contributed by atoms with Gasteiger partial charge >= 0.3 is 0 Å². The average molecular weight is 201 g/mol. The monoisotopic (exact) mass is 201 g/mol. The molecule has 0 saturated carbocycles. The minimum Gasteiger partial charge on any atom is -0.379 e. The molecule has 2 N–H and O–H groups in total. The maximum Gasteiger partial charge on any atom is 0.0622 e. The van der Waals surface area contributed by atoms with E-state index in [0.29, 0.717) is 5.92 Å². The van der Waals surface area contributed by atoms with Crippen molar-refractivity contribution in [1.82, 2.24) is 0 Å². The summed E-state index contributed by atoms with van der Waals surface area (Å²) in [5.74, 6) is 1.40. The molecule has 86 valence electrons. The topological polar surface area (TPSA) is 35.2 Å². The first-order valence-electron chi connectivity index (χ1n) is 5.66. The molecule has 2 heteroatoms. The number of nitrogens with two attached hydrogens (primary N) is 1. The van der Waals surface area contributed by atoms with E-state index >= 15 is 0 Å². The molecule has 0 heterocycles. The molecular weight excluding hydrogens is 174 g/mol. The van der Waals surface area contributed by atoms with Gasteiger partial charge in [0.1, 0.15) is 0 Å². The van der Waals surface area contributed by atoms with Crippen molar-refractivity contribution in [2.24, 2.45) is 17.6 Å². The molecule has 0 aliphatic heterocycles. The van der Waals surface area contributed by atoms with Crippen LogP contribution in [0.3, 0.4) is 0 Å². The molecule has 2 nitrogen and oxygen atoms in total. The van der Waals surface area contributed by atoms with Gasteiger partial charge < -0.3 is 10.5 Å². The Labute approximate surface area is 89.2 Å². The smallest absolute Gasteiger partial charge is 0.0622 e. The van der Waals surface area contributed by atoms with Gasteiger partial charge in [-0.25, -0.2) is 0 Å². The van der Waals surface area contributed by atoms with Gasteiger partial charge in [0, 0.05) is 7.11 Å². The van der Waals surface area contributed by atoms with Crippen LogP contribution in [0.2, 0.25) is 0 Å². The van der Waals surface area contributed by atoms with Gasteiger partial charge in [-0.3, -0.25) is 0 Å². The Morgan fingerprint density at radius 1 is 1.29 bits per heavy atom. The van der Waals surface area contributed by atoms with Gasteiger partial charge in [-0.1, -0.05) is 13.8 Å². The molecule has 0 aromatic carbocycles. The molecule has 0 aliphatic carbocycles. The Hall–Kier alpha value is -0.0800. The van der Waals surface area contributed by atoms with E-state index in [9.17, 15) is 0 Å². The van der Waals surface area contributed by atoms with E-state index in [-0.39, 0.29) is 5.60 Å². The van der Waals surface area contributed by atoms with Crippen LogP contribution in [-0.4, -0.2) is 19.3 Å². The largest absolute Gasteiger partial charge is 0.379 e. The van der Waals surface area contributed by atoms with Crippen LogP contribution in [0.15, 0.2) is 0 Å². The van der Waals surface area contributed by atoms with Crippen LogP contribution in [0.25, 0.3) is 0 Å². The van der Waals surface area contributed by atoms with Crippen molar-refractivity contribution in [2.75, 3.05) is 13.7 Å². The Kier molecular flexibility index (Phi) is 6.38. The summed E-state index contributed by atoms with van der Waals surface area (Å²) in [6, 6.07) is 0. The normalized spacial score (nSPS) is 14.8. The van der Waals surface area contributed by atoms with Gasteiger partial charge in [-0.05, 0) is 51.5 Å². The van der Waals surface area contributed by atoms with Gasteiger partial charge in [0.05, 0.1) is 5.60 Å². The van der Waals surface area contributed by atoms with Crippen molar-refractivity contribution >= 4 is 0 Å². The Bertz CT molecular complexity index is 143. The zero-order valence-corrected chi connectivity index (χ0v) is 10.5. The molecule has 0 fully saturated rings. The SMILES string of the molecule is COC(C)(C)CCC(CN)CC(C)C. The summed E-state index contributed by atoms with van der Waals surface area (Å²) in [5.41, 5.74) is 5.76. The fraction of sp³-hybridized carbons (Fsp3) is 1.00. The molecule has 0 aromatic rings. The molecule has 0 spiro atoms. The van der Waals surface area contributed by atoms with Gasteiger partial charge in [0.15, 0.2) is 0 Å². The maximum atomic E-state index is 5.75. The first kappa shape index (κ1) is 13.9. The Morgan fingerprint density at radius 3 is 2.21 bits per heavy atom. The van der Waals surface area contributed by atoms with E-state index in [1.54, 1.807) is 7.11 Å². The van der Waals surface area contributed by atoms with E-state index in [1.807, 2.05) is 0 Å². The van der Waals surface area contributed by atoms with Crippen molar-refractivity contribution in [3.63, 3.8) is 0 Å². The molecular formula is C12H27NO. The van der Waals surface area contributed by atoms with E-state index in [1.165, 1.54) is 12.8 Å². The first-order valence-corrected chi connectivity index (χ1v) is 5.66. The highest BCUT2D eigenvalue weighted by Gasteiger charge is 2.19. The highest BCUT2D eigenvalue weighted by atomic mass is 16.5. The predicted octanol–water partition coefficient (Wildman–Crippen LogP) is 2.81. The van der Waals surface area contributed by atoms with Crippen LogP contribution in [0, 0.1) is 11.8 Å². The molecule has 0 aromatic heterocycles. The lowest BCUT2D eigenvalue weighted by Gasteiger charge is -2.26. The summed E-state index contributed by atoms with van der Waals surface area (Å²) in [4.78, 5) is 0. The van der Waals surface area contributed by atoms with Crippen molar-refractivity contribution in [3.05, 3.63) is 0 Å². The summed E-state index contributed by atoms with van der Waals surface area (Å²) in [5, 5.41) is 0. The summed E-state index contributed by atoms with van der Waals surface area (Å²) < 4.78 is 5.40. The van der Waals surface area contributed by atoms with Gasteiger partial charge in [0.25, 0.3) is 0 Å². The fourth-order valence-electron chi connectivity index (χ4n) is 1.65. The number of hydrogen-bond acceptors (Lipinski definition) is 2. The lowest BCUT2D eigenvalue weighted by molar-refractivity contribution is 0.00997. The lowest BCUT2D eigenvalue weighted by Crippen LogP contribution is -2.25. The molecule has 0 amide bonds. The summed E-state index contributed by atoms with van der Waals surface area (Å²) in [6.07, 6.45) is 3.50. The average Bonchev–Trinajstić information content (AvgIpc) is 2.12. The second-order valence-corrected chi connectivity index (χ2v) is 5.23. The molecule has 1 atom stereocenters. The molecule has 1 unspecified atom stereocenters. The second kappa shape index (κ2) is 6.41. The number of ether oxygens (including phenoxy) is 1. The van der Waals surface area contributed by atoms with Gasteiger partial charge in [0.2, 0.25) is 0 Å². The number of rotatable bonds is 7. The van der Waals surface area contributed by atoms with E-state index in [0.717, 1.165) is 18.9 Å². The van der Waals surface area contributed by atoms with Crippen molar-refractivity contribution in [2.45, 2.75) is 52.6 Å². The second-order valence-electron chi connectivity index (χ2n) is 5.23. The van der Waals surface area contributed by atoms with E-state index in [4.69, 9.17) is 10.5 Å². The summed E-state index contributed by atoms with van der Waals surface area (Å²) in [7, 11) is 1.78. The quantitative estimate of drug-likeness (QED) is 0.687. The van der Waals surface area contributed by atoms with Gasteiger partial charge in [-0.2, -0.15) is 0 Å². The fourth-order valence-corrected chi connectivity index (χ4v) is 1.65. The Morgan fingerprint density at radius 2 is 1.86 bits per heavy atom. The third-order valence-electron chi connectivity index (χ3n) is 2.85.